The van der Waals surface area contributed by atoms with Gasteiger partial charge >= 0.3 is 0 Å². The smallest absolute Gasteiger partial charge is 0.191 e. The van der Waals surface area contributed by atoms with Crippen molar-refractivity contribution in [3.05, 3.63) is 47.5 Å². The molecule has 0 saturated heterocycles. The molecule has 2 atom stereocenters. The van der Waals surface area contributed by atoms with Gasteiger partial charge in [0.15, 0.2) is 5.78 Å². The lowest BCUT2D eigenvalue weighted by Crippen LogP contribution is -2.22. The fourth-order valence-electron chi connectivity index (χ4n) is 2.93. The SMILES string of the molecule is CCC[C@@H]1CC=C(C[C@H](O)C(=O)c2ccccc2)CC1. The normalized spacial score (nSPS) is 20.3. The monoisotopic (exact) mass is 272 g/mol. The zero-order valence-corrected chi connectivity index (χ0v) is 12.2. The Morgan fingerprint density at radius 3 is 2.70 bits per heavy atom. The van der Waals surface area contributed by atoms with Gasteiger partial charge in [-0.15, -0.1) is 0 Å². The summed E-state index contributed by atoms with van der Waals surface area (Å²) in [6.07, 6.45) is 7.70. The molecule has 0 aliphatic heterocycles. The molecular formula is C18H24O2. The van der Waals surface area contributed by atoms with E-state index in [0.29, 0.717) is 12.0 Å². The maximum absolute atomic E-state index is 12.1. The van der Waals surface area contributed by atoms with Crippen molar-refractivity contribution >= 4 is 5.78 Å². The summed E-state index contributed by atoms with van der Waals surface area (Å²) in [5.74, 6) is 0.632. The van der Waals surface area contributed by atoms with Crippen molar-refractivity contribution < 1.29 is 9.90 Å². The van der Waals surface area contributed by atoms with Crippen LogP contribution in [0.2, 0.25) is 0 Å². The molecule has 20 heavy (non-hydrogen) atoms. The van der Waals surface area contributed by atoms with E-state index < -0.39 is 6.10 Å². The lowest BCUT2D eigenvalue weighted by atomic mass is 9.84. The molecule has 2 nitrogen and oxygen atoms in total. The minimum Gasteiger partial charge on any atom is -0.385 e. The Morgan fingerprint density at radius 2 is 2.10 bits per heavy atom. The quantitative estimate of drug-likeness (QED) is 0.624. The molecule has 0 spiro atoms. The molecule has 0 radical (unpaired) electrons. The third kappa shape index (κ3) is 4.04. The predicted octanol–water partition coefficient (Wildman–Crippen LogP) is 4.15. The zero-order chi connectivity index (χ0) is 14.4. The van der Waals surface area contributed by atoms with Gasteiger partial charge in [-0.05, 0) is 25.2 Å². The summed E-state index contributed by atoms with van der Waals surface area (Å²) in [5.41, 5.74) is 1.84. The molecule has 1 aliphatic rings. The topological polar surface area (TPSA) is 37.3 Å². The maximum atomic E-state index is 12.1. The first-order chi connectivity index (χ1) is 9.70. The molecule has 2 rings (SSSR count). The molecule has 0 heterocycles. The number of benzene rings is 1. The fourth-order valence-corrected chi connectivity index (χ4v) is 2.93. The van der Waals surface area contributed by atoms with Gasteiger partial charge in [0.05, 0.1) is 0 Å². The molecule has 0 unspecified atom stereocenters. The highest BCUT2D eigenvalue weighted by Gasteiger charge is 2.21. The van der Waals surface area contributed by atoms with Crippen LogP contribution >= 0.6 is 0 Å². The summed E-state index contributed by atoms with van der Waals surface area (Å²) in [5, 5.41) is 10.1. The van der Waals surface area contributed by atoms with E-state index in [1.165, 1.54) is 24.8 Å². The van der Waals surface area contributed by atoms with Crippen molar-refractivity contribution in [2.24, 2.45) is 5.92 Å². The molecule has 0 amide bonds. The average molecular weight is 272 g/mol. The molecule has 1 aromatic carbocycles. The van der Waals surface area contributed by atoms with E-state index in [2.05, 4.69) is 13.0 Å². The molecular weight excluding hydrogens is 248 g/mol. The van der Waals surface area contributed by atoms with Gasteiger partial charge in [0, 0.05) is 12.0 Å². The summed E-state index contributed by atoms with van der Waals surface area (Å²) in [6, 6.07) is 9.06. The first-order valence-corrected chi connectivity index (χ1v) is 7.66. The van der Waals surface area contributed by atoms with Crippen LogP contribution in [0.3, 0.4) is 0 Å². The second kappa shape index (κ2) is 7.39. The van der Waals surface area contributed by atoms with Gasteiger partial charge < -0.3 is 5.11 Å². The summed E-state index contributed by atoms with van der Waals surface area (Å²) in [6.45, 7) is 2.22. The number of Topliss-reactive ketones (excluding diaryl/α,β-unsaturated/α-hetero) is 1. The van der Waals surface area contributed by atoms with E-state index in [9.17, 15) is 9.90 Å². The summed E-state index contributed by atoms with van der Waals surface area (Å²) in [4.78, 5) is 12.1. The first-order valence-electron chi connectivity index (χ1n) is 7.66. The lowest BCUT2D eigenvalue weighted by Gasteiger charge is -2.22. The first kappa shape index (κ1) is 15.0. The Morgan fingerprint density at radius 1 is 1.35 bits per heavy atom. The van der Waals surface area contributed by atoms with E-state index in [0.717, 1.165) is 18.8 Å². The number of hydrogen-bond donors (Lipinski definition) is 1. The number of ketones is 1. The Hall–Kier alpha value is -1.41. The largest absolute Gasteiger partial charge is 0.385 e. The molecule has 1 N–H and O–H groups in total. The van der Waals surface area contributed by atoms with Crippen molar-refractivity contribution in [1.29, 1.82) is 0 Å². The van der Waals surface area contributed by atoms with Gasteiger partial charge in [-0.25, -0.2) is 0 Å². The van der Waals surface area contributed by atoms with Crippen molar-refractivity contribution in [2.45, 2.75) is 51.6 Å². The molecule has 1 aromatic rings. The molecule has 108 valence electrons. The Balaban J connectivity index is 1.89. The second-order valence-electron chi connectivity index (χ2n) is 5.74. The van der Waals surface area contributed by atoms with Gasteiger partial charge in [-0.1, -0.05) is 61.7 Å². The van der Waals surface area contributed by atoms with Crippen LogP contribution in [0.1, 0.15) is 55.8 Å². The van der Waals surface area contributed by atoms with E-state index >= 15 is 0 Å². The standard InChI is InChI=1S/C18H24O2/c1-2-6-14-9-11-15(12-10-14)13-17(19)18(20)16-7-4-3-5-8-16/h3-5,7-8,11,14,17,19H,2,6,9-10,12-13H2,1H3/t14-,17+/m1/s1. The van der Waals surface area contributed by atoms with E-state index in [1.807, 2.05) is 18.2 Å². The van der Waals surface area contributed by atoms with Crippen molar-refractivity contribution in [3.63, 3.8) is 0 Å². The number of aliphatic hydroxyl groups is 1. The molecule has 0 fully saturated rings. The number of carbonyl (C=O) groups is 1. The zero-order valence-electron chi connectivity index (χ0n) is 12.2. The highest BCUT2D eigenvalue weighted by atomic mass is 16.3. The summed E-state index contributed by atoms with van der Waals surface area (Å²) in [7, 11) is 0. The highest BCUT2D eigenvalue weighted by Crippen LogP contribution is 2.29. The lowest BCUT2D eigenvalue weighted by molar-refractivity contribution is 0.0745. The molecule has 0 aromatic heterocycles. The predicted molar refractivity (Wildman–Crippen MR) is 81.7 cm³/mol. The number of aliphatic hydroxyl groups excluding tert-OH is 1. The van der Waals surface area contributed by atoms with Crippen LogP contribution in [0.25, 0.3) is 0 Å². The molecule has 0 saturated carbocycles. The van der Waals surface area contributed by atoms with Gasteiger partial charge in [-0.2, -0.15) is 0 Å². The number of rotatable bonds is 6. The van der Waals surface area contributed by atoms with E-state index in [-0.39, 0.29) is 5.78 Å². The molecule has 0 bridgehead atoms. The third-order valence-corrected chi connectivity index (χ3v) is 4.13. The third-order valence-electron chi connectivity index (χ3n) is 4.13. The Labute approximate surface area is 121 Å². The molecule has 2 heteroatoms. The van der Waals surface area contributed by atoms with Crippen LogP contribution in [0.5, 0.6) is 0 Å². The Bertz CT molecular complexity index is 462. The van der Waals surface area contributed by atoms with Crippen LogP contribution in [0.4, 0.5) is 0 Å². The van der Waals surface area contributed by atoms with Crippen LogP contribution in [0, 0.1) is 5.92 Å². The van der Waals surface area contributed by atoms with Gasteiger partial charge in [-0.3, -0.25) is 4.79 Å². The fraction of sp³-hybridized carbons (Fsp3) is 0.500. The van der Waals surface area contributed by atoms with Crippen LogP contribution in [0.15, 0.2) is 42.0 Å². The molecule has 1 aliphatic carbocycles. The van der Waals surface area contributed by atoms with Gasteiger partial charge in [0.2, 0.25) is 0 Å². The van der Waals surface area contributed by atoms with Gasteiger partial charge in [0.25, 0.3) is 0 Å². The number of allylic oxidation sites excluding steroid dienone is 1. The van der Waals surface area contributed by atoms with Crippen molar-refractivity contribution in [1.82, 2.24) is 0 Å². The summed E-state index contributed by atoms with van der Waals surface area (Å²) >= 11 is 0. The van der Waals surface area contributed by atoms with Crippen LogP contribution in [-0.4, -0.2) is 17.0 Å². The minimum atomic E-state index is -0.897. The van der Waals surface area contributed by atoms with Crippen molar-refractivity contribution in [2.75, 3.05) is 0 Å². The van der Waals surface area contributed by atoms with Crippen LogP contribution < -0.4 is 0 Å². The number of carbonyl (C=O) groups excluding carboxylic acids is 1. The maximum Gasteiger partial charge on any atom is 0.191 e. The second-order valence-corrected chi connectivity index (χ2v) is 5.74. The Kier molecular flexibility index (Phi) is 5.54. The highest BCUT2D eigenvalue weighted by molar-refractivity contribution is 5.99. The van der Waals surface area contributed by atoms with E-state index in [1.54, 1.807) is 12.1 Å². The number of hydrogen-bond acceptors (Lipinski definition) is 2. The average Bonchev–Trinajstić information content (AvgIpc) is 2.49. The van der Waals surface area contributed by atoms with Crippen LogP contribution in [-0.2, 0) is 0 Å². The summed E-state index contributed by atoms with van der Waals surface area (Å²) < 4.78 is 0. The van der Waals surface area contributed by atoms with Crippen molar-refractivity contribution in [3.8, 4) is 0 Å². The minimum absolute atomic E-state index is 0.165. The van der Waals surface area contributed by atoms with E-state index in [4.69, 9.17) is 0 Å². The van der Waals surface area contributed by atoms with Gasteiger partial charge in [0.1, 0.15) is 6.10 Å².